The maximum absolute atomic E-state index is 5.31. The third kappa shape index (κ3) is 6.21. The lowest BCUT2D eigenvalue weighted by molar-refractivity contribution is -0.0971. The van der Waals surface area contributed by atoms with Gasteiger partial charge in [-0.15, -0.1) is 24.0 Å². The fraction of sp³-hybridized carbons (Fsp3) is 0.409. The van der Waals surface area contributed by atoms with Gasteiger partial charge in [0.05, 0.1) is 13.2 Å². The molecule has 2 aromatic carbocycles. The van der Waals surface area contributed by atoms with Crippen molar-refractivity contribution in [3.63, 3.8) is 0 Å². The Morgan fingerprint density at radius 2 is 1.56 bits per heavy atom. The van der Waals surface area contributed by atoms with Gasteiger partial charge in [-0.1, -0.05) is 67.6 Å². The Balaban J connectivity index is 0.00000261. The van der Waals surface area contributed by atoms with Gasteiger partial charge >= 0.3 is 0 Å². The molecule has 0 amide bonds. The molecule has 0 atom stereocenters. The van der Waals surface area contributed by atoms with Gasteiger partial charge in [0.15, 0.2) is 5.96 Å². The smallest absolute Gasteiger partial charge is 0.190 e. The number of aliphatic imine (C=N–C) groups is 1. The average Bonchev–Trinajstić information content (AvgIpc) is 2.67. The molecule has 1 aliphatic rings. The van der Waals surface area contributed by atoms with Crippen molar-refractivity contribution in [2.75, 3.05) is 33.4 Å². The molecule has 1 aliphatic heterocycles. The molecule has 0 bridgehead atoms. The van der Waals surface area contributed by atoms with Gasteiger partial charge in [-0.2, -0.15) is 0 Å². The summed E-state index contributed by atoms with van der Waals surface area (Å²) in [5, 5.41) is 6.88. The first kappa shape index (κ1) is 21.7. The number of hydrogen-bond donors (Lipinski definition) is 2. The fourth-order valence-corrected chi connectivity index (χ4v) is 3.30. The lowest BCUT2D eigenvalue weighted by Crippen LogP contribution is -2.51. The molecule has 5 heteroatoms. The number of halogens is 1. The Kier molecular flexibility index (Phi) is 8.57. The highest BCUT2D eigenvalue weighted by atomic mass is 127. The first-order valence-electron chi connectivity index (χ1n) is 9.32. The summed E-state index contributed by atoms with van der Waals surface area (Å²) in [4.78, 5) is 4.35. The molecule has 4 nitrogen and oxygen atoms in total. The molecular formula is C22H30IN3O. The second kappa shape index (κ2) is 10.7. The highest BCUT2D eigenvalue weighted by Crippen LogP contribution is 2.27. The van der Waals surface area contributed by atoms with Crippen LogP contribution in [-0.4, -0.2) is 39.3 Å². The van der Waals surface area contributed by atoms with Crippen LogP contribution in [-0.2, 0) is 4.74 Å². The predicted octanol–water partition coefficient (Wildman–Crippen LogP) is 4.03. The van der Waals surface area contributed by atoms with E-state index in [0.717, 1.165) is 38.7 Å². The van der Waals surface area contributed by atoms with Crippen LogP contribution in [0.5, 0.6) is 0 Å². The second-order valence-corrected chi connectivity index (χ2v) is 7.32. The maximum Gasteiger partial charge on any atom is 0.190 e. The van der Waals surface area contributed by atoms with Gasteiger partial charge in [-0.25, -0.2) is 0 Å². The molecule has 1 fully saturated rings. The van der Waals surface area contributed by atoms with Crippen LogP contribution in [0.4, 0.5) is 0 Å². The summed E-state index contributed by atoms with van der Waals surface area (Å²) < 4.78 is 5.31. The van der Waals surface area contributed by atoms with Crippen molar-refractivity contribution in [3.8, 4) is 0 Å². The highest BCUT2D eigenvalue weighted by molar-refractivity contribution is 14.0. The number of guanidine groups is 1. The minimum absolute atomic E-state index is 0. The van der Waals surface area contributed by atoms with E-state index >= 15 is 0 Å². The molecule has 2 N–H and O–H groups in total. The topological polar surface area (TPSA) is 45.7 Å². The van der Waals surface area contributed by atoms with Gasteiger partial charge in [0.1, 0.15) is 0 Å². The largest absolute Gasteiger partial charge is 0.380 e. The SMILES string of the molecule is CN=C(NCCC(c1ccccc1)c1ccccc1)NCC1(C)COC1.I. The summed E-state index contributed by atoms with van der Waals surface area (Å²) in [5.41, 5.74) is 2.93. The minimum atomic E-state index is 0. The number of ether oxygens (including phenoxy) is 1. The quantitative estimate of drug-likeness (QED) is 0.358. The third-order valence-electron chi connectivity index (χ3n) is 4.94. The average molecular weight is 479 g/mol. The summed E-state index contributed by atoms with van der Waals surface area (Å²) in [6, 6.07) is 21.4. The molecule has 0 aromatic heterocycles. The van der Waals surface area contributed by atoms with Crippen LogP contribution in [0.3, 0.4) is 0 Å². The van der Waals surface area contributed by atoms with Gasteiger partial charge < -0.3 is 15.4 Å². The molecule has 3 rings (SSSR count). The fourth-order valence-electron chi connectivity index (χ4n) is 3.30. The molecule has 27 heavy (non-hydrogen) atoms. The number of hydrogen-bond acceptors (Lipinski definition) is 2. The van der Waals surface area contributed by atoms with E-state index in [2.05, 4.69) is 83.2 Å². The number of nitrogens with zero attached hydrogens (tertiary/aromatic N) is 1. The zero-order valence-electron chi connectivity index (χ0n) is 16.2. The summed E-state index contributed by atoms with van der Waals surface area (Å²) >= 11 is 0. The van der Waals surface area contributed by atoms with Crippen LogP contribution in [0.2, 0.25) is 0 Å². The monoisotopic (exact) mass is 479 g/mol. The summed E-state index contributed by atoms with van der Waals surface area (Å²) in [5.74, 6) is 1.23. The number of rotatable bonds is 7. The highest BCUT2D eigenvalue weighted by Gasteiger charge is 2.33. The molecule has 146 valence electrons. The van der Waals surface area contributed by atoms with Gasteiger partial charge in [-0.05, 0) is 17.5 Å². The van der Waals surface area contributed by atoms with Gasteiger partial charge in [0.2, 0.25) is 0 Å². The van der Waals surface area contributed by atoms with Crippen molar-refractivity contribution >= 4 is 29.9 Å². The van der Waals surface area contributed by atoms with Crippen molar-refractivity contribution in [1.82, 2.24) is 10.6 Å². The summed E-state index contributed by atoms with van der Waals surface area (Å²) in [6.45, 7) is 5.62. The standard InChI is InChI=1S/C22H29N3O.HI/c1-22(16-26-17-22)15-25-21(23-2)24-14-13-20(18-9-5-3-6-10-18)19-11-7-4-8-12-19;/h3-12,20H,13-17H2,1-2H3,(H2,23,24,25);1H. The van der Waals surface area contributed by atoms with E-state index in [1.807, 2.05) is 7.05 Å². The minimum Gasteiger partial charge on any atom is -0.380 e. The van der Waals surface area contributed by atoms with Crippen molar-refractivity contribution in [1.29, 1.82) is 0 Å². The lowest BCUT2D eigenvalue weighted by atomic mass is 9.88. The van der Waals surface area contributed by atoms with Crippen LogP contribution in [0.25, 0.3) is 0 Å². The molecule has 0 spiro atoms. The second-order valence-electron chi connectivity index (χ2n) is 7.32. The Morgan fingerprint density at radius 3 is 2.00 bits per heavy atom. The molecule has 0 aliphatic carbocycles. The zero-order chi connectivity index (χ0) is 18.2. The summed E-state index contributed by atoms with van der Waals surface area (Å²) in [6.07, 6.45) is 1.01. The Hall–Kier alpha value is -1.60. The van der Waals surface area contributed by atoms with Crippen LogP contribution >= 0.6 is 24.0 Å². The molecule has 0 unspecified atom stereocenters. The zero-order valence-corrected chi connectivity index (χ0v) is 18.5. The van der Waals surface area contributed by atoms with Gasteiger partial charge in [0.25, 0.3) is 0 Å². The van der Waals surface area contributed by atoms with E-state index in [4.69, 9.17) is 4.74 Å². The summed E-state index contributed by atoms with van der Waals surface area (Å²) in [7, 11) is 1.82. The third-order valence-corrected chi connectivity index (χ3v) is 4.94. The molecule has 1 heterocycles. The van der Waals surface area contributed by atoms with Gasteiger partial charge in [-0.3, -0.25) is 4.99 Å². The van der Waals surface area contributed by atoms with E-state index in [1.165, 1.54) is 11.1 Å². The van der Waals surface area contributed by atoms with Crippen molar-refractivity contribution in [3.05, 3.63) is 71.8 Å². The van der Waals surface area contributed by atoms with Crippen LogP contribution in [0.1, 0.15) is 30.4 Å². The Labute approximate surface area is 179 Å². The van der Waals surface area contributed by atoms with Crippen molar-refractivity contribution in [2.45, 2.75) is 19.3 Å². The molecule has 0 radical (unpaired) electrons. The van der Waals surface area contributed by atoms with Crippen LogP contribution < -0.4 is 10.6 Å². The first-order valence-corrected chi connectivity index (χ1v) is 9.32. The first-order chi connectivity index (χ1) is 12.7. The van der Waals surface area contributed by atoms with E-state index in [1.54, 1.807) is 0 Å². The molecule has 2 aromatic rings. The predicted molar refractivity (Wildman–Crippen MR) is 123 cm³/mol. The van der Waals surface area contributed by atoms with E-state index in [-0.39, 0.29) is 29.4 Å². The molecular weight excluding hydrogens is 449 g/mol. The van der Waals surface area contributed by atoms with E-state index in [0.29, 0.717) is 5.92 Å². The van der Waals surface area contributed by atoms with Gasteiger partial charge in [0, 0.05) is 31.5 Å². The van der Waals surface area contributed by atoms with Crippen LogP contribution in [0.15, 0.2) is 65.7 Å². The Morgan fingerprint density at radius 1 is 1.00 bits per heavy atom. The van der Waals surface area contributed by atoms with E-state index < -0.39 is 0 Å². The number of nitrogens with one attached hydrogen (secondary N) is 2. The molecule has 0 saturated carbocycles. The molecule has 1 saturated heterocycles. The maximum atomic E-state index is 5.31. The van der Waals surface area contributed by atoms with Crippen molar-refractivity contribution in [2.24, 2.45) is 10.4 Å². The normalized spacial score (nSPS) is 15.6. The number of benzene rings is 2. The lowest BCUT2D eigenvalue weighted by Gasteiger charge is -2.38. The van der Waals surface area contributed by atoms with E-state index in [9.17, 15) is 0 Å². The van der Waals surface area contributed by atoms with Crippen LogP contribution in [0, 0.1) is 5.41 Å². The van der Waals surface area contributed by atoms with Crippen molar-refractivity contribution < 1.29 is 4.74 Å². The Bertz CT molecular complexity index is 663.